The molecule has 1 aromatic rings. The second-order valence-electron chi connectivity index (χ2n) is 5.50. The summed E-state index contributed by atoms with van der Waals surface area (Å²) in [6, 6.07) is 2.15. The van der Waals surface area contributed by atoms with Gasteiger partial charge < -0.3 is 19.4 Å². The number of ether oxygens (including phenoxy) is 3. The number of hydrogen-bond acceptors (Lipinski definition) is 6. The third-order valence-corrected chi connectivity index (χ3v) is 4.21. The first-order valence-corrected chi connectivity index (χ1v) is 7.02. The number of likely N-dealkylation sites (N-methyl/N-ethyl adjacent to an activating group) is 1. The van der Waals surface area contributed by atoms with Crippen LogP contribution in [0.2, 0.25) is 0 Å². The van der Waals surface area contributed by atoms with Gasteiger partial charge in [-0.3, -0.25) is 4.90 Å². The van der Waals surface area contributed by atoms with Crippen molar-refractivity contribution in [2.75, 3.05) is 27.5 Å². The molecule has 2 aliphatic heterocycles. The number of fused-ring (bicyclic) bond motifs is 2. The predicted octanol–water partition coefficient (Wildman–Crippen LogP) is 2.19. The summed E-state index contributed by atoms with van der Waals surface area (Å²) in [6.45, 7) is 2.99. The first-order chi connectivity index (χ1) is 10.2. The fourth-order valence-electron chi connectivity index (χ4n) is 3.10. The van der Waals surface area contributed by atoms with Crippen LogP contribution in [0.5, 0.6) is 17.2 Å². The monoisotopic (exact) mass is 292 g/mol. The Labute approximate surface area is 123 Å². The molecule has 0 spiro atoms. The molecular formula is C15H20N2O4. The van der Waals surface area contributed by atoms with E-state index in [0.717, 1.165) is 30.0 Å². The van der Waals surface area contributed by atoms with Crippen LogP contribution in [-0.4, -0.2) is 43.3 Å². The summed E-state index contributed by atoms with van der Waals surface area (Å²) in [7, 11) is 3.72. The lowest BCUT2D eigenvalue weighted by atomic mass is 9.88. The summed E-state index contributed by atoms with van der Waals surface area (Å²) >= 11 is 0. The average molecular weight is 292 g/mol. The van der Waals surface area contributed by atoms with E-state index in [4.69, 9.17) is 19.4 Å². The van der Waals surface area contributed by atoms with Gasteiger partial charge in [-0.1, -0.05) is 5.16 Å². The largest absolute Gasteiger partial charge is 0.492 e. The maximum absolute atomic E-state index is 8.97. The molecule has 2 heterocycles. The van der Waals surface area contributed by atoms with Crippen molar-refractivity contribution in [1.29, 1.82) is 0 Å². The number of methoxy groups -OCH3 is 1. The van der Waals surface area contributed by atoms with E-state index in [9.17, 15) is 0 Å². The zero-order chi connectivity index (χ0) is 15.0. The van der Waals surface area contributed by atoms with Gasteiger partial charge in [0.15, 0.2) is 11.5 Å². The Hall–Kier alpha value is -1.95. The van der Waals surface area contributed by atoms with Gasteiger partial charge in [0.05, 0.1) is 12.8 Å². The lowest BCUT2D eigenvalue weighted by Crippen LogP contribution is -2.33. The van der Waals surface area contributed by atoms with Crippen LogP contribution in [0.3, 0.4) is 0 Å². The van der Waals surface area contributed by atoms with Gasteiger partial charge in [-0.05, 0) is 32.0 Å². The van der Waals surface area contributed by atoms with Gasteiger partial charge in [-0.15, -0.1) is 0 Å². The van der Waals surface area contributed by atoms with Gasteiger partial charge in [0.1, 0.15) is 0 Å². The summed E-state index contributed by atoms with van der Waals surface area (Å²) in [5.41, 5.74) is 3.02. The minimum Gasteiger partial charge on any atom is -0.492 e. The number of rotatable bonds is 3. The quantitative estimate of drug-likeness (QED) is 0.525. The topological polar surface area (TPSA) is 63.5 Å². The van der Waals surface area contributed by atoms with Crippen LogP contribution >= 0.6 is 0 Å². The molecule has 6 heteroatoms. The van der Waals surface area contributed by atoms with Crippen molar-refractivity contribution >= 4 is 5.71 Å². The predicted molar refractivity (Wildman–Crippen MR) is 77.7 cm³/mol. The maximum Gasteiger partial charge on any atom is 0.231 e. The molecule has 0 radical (unpaired) electrons. The Morgan fingerprint density at radius 3 is 3.05 bits per heavy atom. The molecule has 2 aliphatic rings. The van der Waals surface area contributed by atoms with Crippen LogP contribution in [0.4, 0.5) is 0 Å². The minimum absolute atomic E-state index is 0.106. The van der Waals surface area contributed by atoms with Crippen molar-refractivity contribution in [1.82, 2.24) is 4.90 Å². The molecule has 0 saturated heterocycles. The number of benzene rings is 1. The SMILES string of the molecule is COc1c2c(cc3c1[C@@H](CC(C)=NO)N(C)CC3)OCO2. The van der Waals surface area contributed by atoms with E-state index in [2.05, 4.69) is 17.1 Å². The second-order valence-corrected chi connectivity index (χ2v) is 5.50. The average Bonchev–Trinajstić information content (AvgIpc) is 2.95. The molecule has 0 bridgehead atoms. The van der Waals surface area contributed by atoms with E-state index in [1.54, 1.807) is 7.11 Å². The van der Waals surface area contributed by atoms with Gasteiger partial charge >= 0.3 is 0 Å². The van der Waals surface area contributed by atoms with E-state index < -0.39 is 0 Å². The first kappa shape index (κ1) is 14.0. The highest BCUT2D eigenvalue weighted by atomic mass is 16.7. The highest BCUT2D eigenvalue weighted by molar-refractivity contribution is 5.82. The Bertz CT molecular complexity index is 586. The van der Waals surface area contributed by atoms with Crippen molar-refractivity contribution in [3.05, 3.63) is 17.2 Å². The molecule has 0 aromatic heterocycles. The highest BCUT2D eigenvalue weighted by Crippen LogP contribution is 2.49. The molecule has 0 unspecified atom stereocenters. The molecule has 0 amide bonds. The summed E-state index contributed by atoms with van der Waals surface area (Å²) in [5, 5.41) is 12.3. The van der Waals surface area contributed by atoms with Crippen molar-refractivity contribution < 1.29 is 19.4 Å². The third kappa shape index (κ3) is 2.29. The highest BCUT2D eigenvalue weighted by Gasteiger charge is 2.34. The van der Waals surface area contributed by atoms with Crippen molar-refractivity contribution in [2.45, 2.75) is 25.8 Å². The van der Waals surface area contributed by atoms with Gasteiger partial charge in [-0.2, -0.15) is 0 Å². The molecule has 21 heavy (non-hydrogen) atoms. The van der Waals surface area contributed by atoms with E-state index >= 15 is 0 Å². The number of nitrogens with zero attached hydrogens (tertiary/aromatic N) is 2. The van der Waals surface area contributed by atoms with Crippen LogP contribution in [0.15, 0.2) is 11.2 Å². The van der Waals surface area contributed by atoms with Crippen molar-refractivity contribution in [3.8, 4) is 17.2 Å². The molecule has 0 fully saturated rings. The van der Waals surface area contributed by atoms with Crippen LogP contribution < -0.4 is 14.2 Å². The summed E-state index contributed by atoms with van der Waals surface area (Å²) in [5.74, 6) is 2.17. The normalized spacial score (nSPS) is 21.3. The Balaban J connectivity index is 2.11. The molecule has 6 nitrogen and oxygen atoms in total. The Morgan fingerprint density at radius 2 is 2.33 bits per heavy atom. The molecule has 1 aromatic carbocycles. The maximum atomic E-state index is 8.97. The lowest BCUT2D eigenvalue weighted by molar-refractivity contribution is 0.170. The first-order valence-electron chi connectivity index (χ1n) is 7.02. The number of oxime groups is 1. The van der Waals surface area contributed by atoms with E-state index in [-0.39, 0.29) is 12.8 Å². The Kier molecular flexibility index (Phi) is 3.63. The van der Waals surface area contributed by atoms with Crippen molar-refractivity contribution in [2.24, 2.45) is 5.16 Å². The molecule has 0 aliphatic carbocycles. The summed E-state index contributed by atoms with van der Waals surface area (Å²) in [6.07, 6.45) is 1.58. The second kappa shape index (κ2) is 5.44. The molecule has 114 valence electrons. The van der Waals surface area contributed by atoms with Gasteiger partial charge in [0.2, 0.25) is 12.5 Å². The van der Waals surface area contributed by atoms with Crippen molar-refractivity contribution in [3.63, 3.8) is 0 Å². The summed E-state index contributed by atoms with van der Waals surface area (Å²) < 4.78 is 16.7. The molecule has 1 atom stereocenters. The standard InChI is InChI=1S/C15H20N2O4/c1-9(16-18)6-11-13-10(4-5-17(11)2)7-12-14(15(13)19-3)21-8-20-12/h7,11,18H,4-6,8H2,1-3H3/t11-/m1/s1. The zero-order valence-corrected chi connectivity index (χ0v) is 12.5. The number of hydrogen-bond donors (Lipinski definition) is 1. The fraction of sp³-hybridized carbons (Fsp3) is 0.533. The smallest absolute Gasteiger partial charge is 0.231 e. The van der Waals surface area contributed by atoms with Crippen LogP contribution in [0.25, 0.3) is 0 Å². The van der Waals surface area contributed by atoms with Crippen LogP contribution in [0.1, 0.15) is 30.5 Å². The molecular weight excluding hydrogens is 272 g/mol. The van der Waals surface area contributed by atoms with Crippen LogP contribution in [-0.2, 0) is 6.42 Å². The lowest BCUT2D eigenvalue weighted by Gasteiger charge is -2.35. The van der Waals surface area contributed by atoms with E-state index in [0.29, 0.717) is 17.9 Å². The Morgan fingerprint density at radius 1 is 1.52 bits per heavy atom. The minimum atomic E-state index is 0.106. The molecule has 3 rings (SSSR count). The molecule has 0 saturated carbocycles. The van der Waals surface area contributed by atoms with Gasteiger partial charge in [-0.25, -0.2) is 0 Å². The van der Waals surface area contributed by atoms with E-state index in [1.165, 1.54) is 5.56 Å². The zero-order valence-electron chi connectivity index (χ0n) is 12.5. The van der Waals surface area contributed by atoms with Crippen LogP contribution in [0, 0.1) is 0 Å². The van der Waals surface area contributed by atoms with Gasteiger partial charge in [0, 0.05) is 24.6 Å². The summed E-state index contributed by atoms with van der Waals surface area (Å²) in [4.78, 5) is 2.25. The molecule has 1 N–H and O–H groups in total. The van der Waals surface area contributed by atoms with E-state index in [1.807, 2.05) is 13.0 Å². The third-order valence-electron chi connectivity index (χ3n) is 4.21. The van der Waals surface area contributed by atoms with Gasteiger partial charge in [0.25, 0.3) is 0 Å². The fourth-order valence-corrected chi connectivity index (χ4v) is 3.10.